The molecule has 122 valence electrons. The van der Waals surface area contributed by atoms with Crippen LogP contribution in [0.3, 0.4) is 0 Å². The number of carbonyl (C=O) groups excluding carboxylic acids is 1. The van der Waals surface area contributed by atoms with Crippen molar-refractivity contribution in [1.82, 2.24) is 0 Å². The van der Waals surface area contributed by atoms with Gasteiger partial charge in [0.05, 0.1) is 6.42 Å². The van der Waals surface area contributed by atoms with Crippen molar-refractivity contribution in [2.24, 2.45) is 0 Å². The number of para-hydroxylation sites is 1. The molecule has 0 atom stereocenters. The molecule has 0 aliphatic carbocycles. The van der Waals surface area contributed by atoms with E-state index in [1.165, 1.54) is 6.07 Å². The second kappa shape index (κ2) is 6.24. The van der Waals surface area contributed by atoms with Gasteiger partial charge in [0.2, 0.25) is 5.91 Å². The summed E-state index contributed by atoms with van der Waals surface area (Å²) in [5.41, 5.74) is 1.43. The van der Waals surface area contributed by atoms with Crippen LogP contribution in [0.1, 0.15) is 5.56 Å². The molecule has 0 fully saturated rings. The first-order valence-corrected chi connectivity index (χ1v) is 7.99. The Bertz CT molecular complexity index is 1140. The van der Waals surface area contributed by atoms with E-state index in [1.807, 2.05) is 54.6 Å². The Hall–Kier alpha value is -3.40. The van der Waals surface area contributed by atoms with Gasteiger partial charge in [-0.25, -0.2) is 4.79 Å². The van der Waals surface area contributed by atoms with Crippen molar-refractivity contribution in [3.63, 3.8) is 0 Å². The van der Waals surface area contributed by atoms with Crippen LogP contribution in [0, 0.1) is 0 Å². The van der Waals surface area contributed by atoms with Gasteiger partial charge in [-0.15, -0.1) is 0 Å². The topological polar surface area (TPSA) is 59.3 Å². The van der Waals surface area contributed by atoms with Crippen molar-refractivity contribution in [2.45, 2.75) is 6.42 Å². The van der Waals surface area contributed by atoms with E-state index in [2.05, 4.69) is 5.32 Å². The summed E-state index contributed by atoms with van der Waals surface area (Å²) in [6, 6.07) is 22.3. The van der Waals surface area contributed by atoms with Crippen LogP contribution < -0.4 is 10.9 Å². The van der Waals surface area contributed by atoms with Gasteiger partial charge >= 0.3 is 5.63 Å². The van der Waals surface area contributed by atoms with E-state index < -0.39 is 5.63 Å². The van der Waals surface area contributed by atoms with Crippen LogP contribution in [0.5, 0.6) is 0 Å². The molecule has 0 bridgehead atoms. The molecule has 0 saturated heterocycles. The normalized spacial score (nSPS) is 10.9. The SMILES string of the molecule is O=C(Cc1cc(=O)oc2ccccc12)Nc1ccc2ccccc2c1. The minimum absolute atomic E-state index is 0.110. The Kier molecular flexibility index (Phi) is 3.78. The van der Waals surface area contributed by atoms with Crippen LogP contribution in [0.25, 0.3) is 21.7 Å². The monoisotopic (exact) mass is 329 g/mol. The van der Waals surface area contributed by atoms with E-state index in [4.69, 9.17) is 4.42 Å². The molecule has 3 aromatic carbocycles. The van der Waals surface area contributed by atoms with Crippen molar-refractivity contribution in [3.05, 3.63) is 88.8 Å². The third kappa shape index (κ3) is 3.15. The van der Waals surface area contributed by atoms with Gasteiger partial charge in [0.15, 0.2) is 0 Å². The lowest BCUT2D eigenvalue weighted by atomic mass is 10.1. The van der Waals surface area contributed by atoms with Crippen LogP contribution in [0.2, 0.25) is 0 Å². The predicted octanol–water partition coefficient (Wildman–Crippen LogP) is 4.13. The van der Waals surface area contributed by atoms with Gasteiger partial charge in [-0.1, -0.05) is 48.5 Å². The summed E-state index contributed by atoms with van der Waals surface area (Å²) in [5, 5.41) is 5.85. The van der Waals surface area contributed by atoms with Gasteiger partial charge in [-0.3, -0.25) is 4.79 Å². The number of carbonyl (C=O) groups is 1. The highest BCUT2D eigenvalue weighted by molar-refractivity contribution is 5.97. The number of rotatable bonds is 3. The van der Waals surface area contributed by atoms with Gasteiger partial charge in [0, 0.05) is 17.1 Å². The molecule has 0 aliphatic rings. The summed E-state index contributed by atoms with van der Waals surface area (Å²) in [6.07, 6.45) is 0.110. The summed E-state index contributed by atoms with van der Waals surface area (Å²) in [4.78, 5) is 24.1. The highest BCUT2D eigenvalue weighted by Gasteiger charge is 2.10. The van der Waals surface area contributed by atoms with Gasteiger partial charge < -0.3 is 9.73 Å². The fourth-order valence-corrected chi connectivity index (χ4v) is 2.97. The maximum atomic E-state index is 12.4. The van der Waals surface area contributed by atoms with Crippen molar-refractivity contribution in [2.75, 3.05) is 5.32 Å². The molecule has 4 nitrogen and oxygen atoms in total. The van der Waals surface area contributed by atoms with Crippen LogP contribution in [-0.4, -0.2) is 5.91 Å². The molecule has 4 heteroatoms. The number of fused-ring (bicyclic) bond motifs is 2. The second-order valence-corrected chi connectivity index (χ2v) is 5.87. The molecule has 1 N–H and O–H groups in total. The molecule has 25 heavy (non-hydrogen) atoms. The zero-order valence-corrected chi connectivity index (χ0v) is 13.4. The molecule has 0 saturated carbocycles. The molecule has 0 unspecified atom stereocenters. The Labute approximate surface area is 143 Å². The molecule has 1 aromatic heterocycles. The lowest BCUT2D eigenvalue weighted by molar-refractivity contribution is -0.115. The molecular weight excluding hydrogens is 314 g/mol. The van der Waals surface area contributed by atoms with E-state index in [1.54, 1.807) is 12.1 Å². The van der Waals surface area contributed by atoms with Gasteiger partial charge in [-0.2, -0.15) is 0 Å². The zero-order chi connectivity index (χ0) is 17.2. The van der Waals surface area contributed by atoms with Crippen molar-refractivity contribution >= 4 is 33.3 Å². The maximum absolute atomic E-state index is 12.4. The van der Waals surface area contributed by atoms with E-state index in [9.17, 15) is 9.59 Å². The molecule has 4 aromatic rings. The lowest BCUT2D eigenvalue weighted by Crippen LogP contribution is -2.15. The average molecular weight is 329 g/mol. The standard InChI is InChI=1S/C21H15NO3/c23-20(22-17-10-9-14-5-1-2-6-15(14)11-17)12-16-13-21(24)25-19-8-4-3-7-18(16)19/h1-11,13H,12H2,(H,22,23). The summed E-state index contributed by atoms with van der Waals surface area (Å²) >= 11 is 0. The molecule has 4 rings (SSSR count). The average Bonchev–Trinajstić information content (AvgIpc) is 2.61. The Balaban J connectivity index is 1.60. The Morgan fingerprint density at radius 3 is 2.52 bits per heavy atom. The minimum atomic E-state index is -0.452. The first kappa shape index (κ1) is 15.1. The molecule has 1 amide bonds. The zero-order valence-electron chi connectivity index (χ0n) is 13.4. The van der Waals surface area contributed by atoms with E-state index in [-0.39, 0.29) is 12.3 Å². The number of benzene rings is 3. The third-order valence-electron chi connectivity index (χ3n) is 4.12. The largest absolute Gasteiger partial charge is 0.423 e. The number of hydrogen-bond donors (Lipinski definition) is 1. The lowest BCUT2D eigenvalue weighted by Gasteiger charge is -2.08. The van der Waals surface area contributed by atoms with Crippen molar-refractivity contribution in [3.8, 4) is 0 Å². The summed E-state index contributed by atoms with van der Waals surface area (Å²) < 4.78 is 5.16. The quantitative estimate of drug-likeness (QED) is 0.575. The van der Waals surface area contributed by atoms with Gasteiger partial charge in [0.25, 0.3) is 0 Å². The van der Waals surface area contributed by atoms with Gasteiger partial charge in [0.1, 0.15) is 5.58 Å². The summed E-state index contributed by atoms with van der Waals surface area (Å²) in [5.74, 6) is -0.175. The maximum Gasteiger partial charge on any atom is 0.336 e. The third-order valence-corrected chi connectivity index (χ3v) is 4.12. The minimum Gasteiger partial charge on any atom is -0.423 e. The first-order valence-electron chi connectivity index (χ1n) is 7.99. The highest BCUT2D eigenvalue weighted by atomic mass is 16.4. The van der Waals surface area contributed by atoms with Gasteiger partial charge in [-0.05, 0) is 34.5 Å². The van der Waals surface area contributed by atoms with Crippen LogP contribution >= 0.6 is 0 Å². The fraction of sp³-hybridized carbons (Fsp3) is 0.0476. The van der Waals surface area contributed by atoms with Crippen LogP contribution in [-0.2, 0) is 11.2 Å². The van der Waals surface area contributed by atoms with E-state index in [0.717, 1.165) is 21.8 Å². The molecule has 0 spiro atoms. The molecule has 0 aliphatic heterocycles. The Morgan fingerprint density at radius 2 is 1.64 bits per heavy atom. The van der Waals surface area contributed by atoms with E-state index >= 15 is 0 Å². The number of nitrogens with one attached hydrogen (secondary N) is 1. The van der Waals surface area contributed by atoms with Crippen LogP contribution in [0.15, 0.2) is 82.0 Å². The predicted molar refractivity (Wildman–Crippen MR) is 98.8 cm³/mol. The smallest absolute Gasteiger partial charge is 0.336 e. The number of anilines is 1. The summed E-state index contributed by atoms with van der Waals surface area (Å²) in [7, 11) is 0. The highest BCUT2D eigenvalue weighted by Crippen LogP contribution is 2.20. The van der Waals surface area contributed by atoms with Crippen molar-refractivity contribution < 1.29 is 9.21 Å². The second-order valence-electron chi connectivity index (χ2n) is 5.87. The summed E-state index contributed by atoms with van der Waals surface area (Å²) in [6.45, 7) is 0. The van der Waals surface area contributed by atoms with E-state index in [0.29, 0.717) is 11.1 Å². The first-order chi connectivity index (χ1) is 12.2. The molecule has 0 radical (unpaired) electrons. The molecule has 1 heterocycles. The van der Waals surface area contributed by atoms with Crippen LogP contribution in [0.4, 0.5) is 5.69 Å². The number of amides is 1. The Morgan fingerprint density at radius 1 is 0.880 bits per heavy atom. The van der Waals surface area contributed by atoms with Crippen molar-refractivity contribution in [1.29, 1.82) is 0 Å². The molecular formula is C21H15NO3. The number of hydrogen-bond acceptors (Lipinski definition) is 3. The fourth-order valence-electron chi connectivity index (χ4n) is 2.97.